The molecule has 1 N–H and O–H groups in total. The predicted octanol–water partition coefficient (Wildman–Crippen LogP) is 4.38. The summed E-state index contributed by atoms with van der Waals surface area (Å²) in [5, 5.41) is 12.3. The second-order valence-corrected chi connectivity index (χ2v) is 6.18. The normalized spacial score (nSPS) is 15.2. The summed E-state index contributed by atoms with van der Waals surface area (Å²) >= 11 is 5.21. The standard InChI is InChI=1S/C12H19BrOS/c1-3-4-5-7-12(2,14)9-11-10(13)6-8-15-11/h6,8,14H,3-5,7,9H2,1-2H3. The third kappa shape index (κ3) is 4.66. The molecule has 1 unspecified atom stereocenters. The van der Waals surface area contributed by atoms with E-state index in [2.05, 4.69) is 28.2 Å². The van der Waals surface area contributed by atoms with E-state index >= 15 is 0 Å². The highest BCUT2D eigenvalue weighted by Crippen LogP contribution is 2.29. The molecule has 1 nitrogen and oxygen atoms in total. The quantitative estimate of drug-likeness (QED) is 0.771. The van der Waals surface area contributed by atoms with E-state index in [1.807, 2.05) is 13.0 Å². The lowest BCUT2D eigenvalue weighted by molar-refractivity contribution is 0.0492. The minimum Gasteiger partial charge on any atom is -0.390 e. The molecule has 0 aliphatic carbocycles. The Morgan fingerprint density at radius 2 is 2.20 bits per heavy atom. The second kappa shape index (κ2) is 6.02. The molecule has 0 radical (unpaired) electrons. The van der Waals surface area contributed by atoms with Gasteiger partial charge in [-0.3, -0.25) is 0 Å². The zero-order valence-electron chi connectivity index (χ0n) is 9.42. The Bertz CT molecular complexity index is 294. The number of hydrogen-bond donors (Lipinski definition) is 1. The van der Waals surface area contributed by atoms with Crippen molar-refractivity contribution in [3.05, 3.63) is 20.8 Å². The Hall–Kier alpha value is 0.140. The van der Waals surface area contributed by atoms with Gasteiger partial charge in [-0.15, -0.1) is 11.3 Å². The molecule has 15 heavy (non-hydrogen) atoms. The van der Waals surface area contributed by atoms with Crippen molar-refractivity contribution in [3.8, 4) is 0 Å². The first kappa shape index (κ1) is 13.2. The minimum absolute atomic E-state index is 0.553. The van der Waals surface area contributed by atoms with E-state index < -0.39 is 5.60 Å². The third-order valence-corrected chi connectivity index (χ3v) is 4.48. The van der Waals surface area contributed by atoms with E-state index in [0.717, 1.165) is 23.7 Å². The molecule has 1 rings (SSSR count). The lowest BCUT2D eigenvalue weighted by atomic mass is 9.94. The van der Waals surface area contributed by atoms with Gasteiger partial charge in [0.2, 0.25) is 0 Å². The van der Waals surface area contributed by atoms with Crippen LogP contribution in [0.1, 0.15) is 44.4 Å². The largest absolute Gasteiger partial charge is 0.390 e. The molecule has 0 saturated carbocycles. The van der Waals surface area contributed by atoms with Gasteiger partial charge in [0, 0.05) is 15.8 Å². The van der Waals surface area contributed by atoms with Crippen LogP contribution in [0.3, 0.4) is 0 Å². The summed E-state index contributed by atoms with van der Waals surface area (Å²) in [7, 11) is 0. The summed E-state index contributed by atoms with van der Waals surface area (Å²) in [5.74, 6) is 0. The van der Waals surface area contributed by atoms with Gasteiger partial charge in [-0.05, 0) is 40.7 Å². The zero-order chi connectivity index (χ0) is 11.3. The highest BCUT2D eigenvalue weighted by Gasteiger charge is 2.21. The van der Waals surface area contributed by atoms with Gasteiger partial charge in [-0.1, -0.05) is 26.2 Å². The molecule has 3 heteroatoms. The number of unbranched alkanes of at least 4 members (excludes halogenated alkanes) is 2. The second-order valence-electron chi connectivity index (χ2n) is 4.32. The summed E-state index contributed by atoms with van der Waals surface area (Å²) in [4.78, 5) is 1.25. The van der Waals surface area contributed by atoms with Crippen LogP contribution in [0.25, 0.3) is 0 Å². The van der Waals surface area contributed by atoms with Crippen molar-refractivity contribution in [2.45, 2.75) is 51.6 Å². The van der Waals surface area contributed by atoms with Crippen molar-refractivity contribution < 1.29 is 5.11 Å². The van der Waals surface area contributed by atoms with Crippen molar-refractivity contribution in [2.75, 3.05) is 0 Å². The Morgan fingerprint density at radius 1 is 1.47 bits per heavy atom. The average Bonchev–Trinajstić information content (AvgIpc) is 2.51. The van der Waals surface area contributed by atoms with Crippen LogP contribution in [-0.2, 0) is 6.42 Å². The number of halogens is 1. The number of rotatable bonds is 6. The van der Waals surface area contributed by atoms with Crippen molar-refractivity contribution >= 4 is 27.3 Å². The van der Waals surface area contributed by atoms with Crippen LogP contribution >= 0.6 is 27.3 Å². The molecule has 1 atom stereocenters. The van der Waals surface area contributed by atoms with Crippen LogP contribution in [0.2, 0.25) is 0 Å². The molecule has 0 spiro atoms. The molecule has 1 aromatic rings. The molecule has 0 aliphatic rings. The summed E-state index contributed by atoms with van der Waals surface area (Å²) in [6, 6.07) is 2.04. The van der Waals surface area contributed by atoms with Gasteiger partial charge < -0.3 is 5.11 Å². The van der Waals surface area contributed by atoms with Crippen LogP contribution in [0.4, 0.5) is 0 Å². The third-order valence-electron chi connectivity index (χ3n) is 2.55. The smallest absolute Gasteiger partial charge is 0.0668 e. The summed E-state index contributed by atoms with van der Waals surface area (Å²) < 4.78 is 1.13. The number of aliphatic hydroxyl groups is 1. The van der Waals surface area contributed by atoms with Crippen LogP contribution in [0.5, 0.6) is 0 Å². The van der Waals surface area contributed by atoms with Crippen LogP contribution in [0.15, 0.2) is 15.9 Å². The Labute approximate surface area is 105 Å². The van der Waals surface area contributed by atoms with Crippen LogP contribution < -0.4 is 0 Å². The minimum atomic E-state index is -0.553. The predicted molar refractivity (Wildman–Crippen MR) is 70.5 cm³/mol. The molecule has 86 valence electrons. The summed E-state index contributed by atoms with van der Waals surface area (Å²) in [5.41, 5.74) is -0.553. The van der Waals surface area contributed by atoms with Gasteiger partial charge >= 0.3 is 0 Å². The summed E-state index contributed by atoms with van der Waals surface area (Å²) in [6.07, 6.45) is 5.19. The first-order chi connectivity index (χ1) is 7.05. The molecule has 1 heterocycles. The van der Waals surface area contributed by atoms with E-state index in [-0.39, 0.29) is 0 Å². The maximum Gasteiger partial charge on any atom is 0.0668 e. The van der Waals surface area contributed by atoms with E-state index in [0.29, 0.717) is 0 Å². The fraction of sp³-hybridized carbons (Fsp3) is 0.667. The highest BCUT2D eigenvalue weighted by atomic mass is 79.9. The maximum absolute atomic E-state index is 10.2. The lowest BCUT2D eigenvalue weighted by Gasteiger charge is -2.22. The van der Waals surface area contributed by atoms with Crippen molar-refractivity contribution in [2.24, 2.45) is 0 Å². The SMILES string of the molecule is CCCCCC(C)(O)Cc1sccc1Br. The molecule has 0 bridgehead atoms. The first-order valence-electron chi connectivity index (χ1n) is 5.49. The van der Waals surface area contributed by atoms with Gasteiger partial charge in [-0.2, -0.15) is 0 Å². The van der Waals surface area contributed by atoms with E-state index in [4.69, 9.17) is 0 Å². The maximum atomic E-state index is 10.2. The van der Waals surface area contributed by atoms with Crippen LogP contribution in [0, 0.1) is 0 Å². The van der Waals surface area contributed by atoms with Gasteiger partial charge in [0.1, 0.15) is 0 Å². The molecular formula is C12H19BrOS. The fourth-order valence-electron chi connectivity index (χ4n) is 1.64. The van der Waals surface area contributed by atoms with E-state index in [9.17, 15) is 5.11 Å². The fourth-order valence-corrected chi connectivity index (χ4v) is 3.31. The Morgan fingerprint density at radius 3 is 2.73 bits per heavy atom. The Balaban J connectivity index is 2.45. The van der Waals surface area contributed by atoms with Crippen molar-refractivity contribution in [1.29, 1.82) is 0 Å². The highest BCUT2D eigenvalue weighted by molar-refractivity contribution is 9.10. The van der Waals surface area contributed by atoms with E-state index in [1.165, 1.54) is 17.7 Å². The van der Waals surface area contributed by atoms with Crippen LogP contribution in [-0.4, -0.2) is 10.7 Å². The van der Waals surface area contributed by atoms with Crippen molar-refractivity contribution in [1.82, 2.24) is 0 Å². The van der Waals surface area contributed by atoms with Crippen molar-refractivity contribution in [3.63, 3.8) is 0 Å². The molecule has 0 fully saturated rings. The topological polar surface area (TPSA) is 20.2 Å². The van der Waals surface area contributed by atoms with Gasteiger partial charge in [0.25, 0.3) is 0 Å². The zero-order valence-corrected chi connectivity index (χ0v) is 11.8. The lowest BCUT2D eigenvalue weighted by Crippen LogP contribution is -2.26. The Kier molecular flexibility index (Phi) is 5.30. The van der Waals surface area contributed by atoms with E-state index in [1.54, 1.807) is 11.3 Å². The molecule has 0 saturated heterocycles. The molecule has 0 aromatic carbocycles. The summed E-state index contributed by atoms with van der Waals surface area (Å²) in [6.45, 7) is 4.12. The molecule has 0 aliphatic heterocycles. The molecule has 0 amide bonds. The van der Waals surface area contributed by atoms with Gasteiger partial charge in [0.15, 0.2) is 0 Å². The molecule has 1 aromatic heterocycles. The number of hydrogen-bond acceptors (Lipinski definition) is 2. The average molecular weight is 291 g/mol. The van der Waals surface area contributed by atoms with Gasteiger partial charge in [0.05, 0.1) is 5.60 Å². The van der Waals surface area contributed by atoms with Gasteiger partial charge in [-0.25, -0.2) is 0 Å². The number of thiophene rings is 1. The monoisotopic (exact) mass is 290 g/mol. The first-order valence-corrected chi connectivity index (χ1v) is 7.16. The molecular weight excluding hydrogens is 272 g/mol.